The zero-order valence-electron chi connectivity index (χ0n) is 13.1. The van der Waals surface area contributed by atoms with E-state index in [1.54, 1.807) is 0 Å². The second kappa shape index (κ2) is 6.88. The zero-order chi connectivity index (χ0) is 13.8. The van der Waals surface area contributed by atoms with Gasteiger partial charge in [0.2, 0.25) is 0 Å². The van der Waals surface area contributed by atoms with Crippen LogP contribution in [0.4, 0.5) is 0 Å². The largest absolute Gasteiger partial charge is 0.329 e. The summed E-state index contributed by atoms with van der Waals surface area (Å²) in [5.41, 5.74) is 6.43. The smallest absolute Gasteiger partial charge is 0.0356 e. The summed E-state index contributed by atoms with van der Waals surface area (Å²) in [5, 5.41) is 0. The van der Waals surface area contributed by atoms with Crippen molar-refractivity contribution in [2.75, 3.05) is 39.8 Å². The van der Waals surface area contributed by atoms with E-state index in [2.05, 4.69) is 44.5 Å². The van der Waals surface area contributed by atoms with E-state index >= 15 is 0 Å². The van der Waals surface area contributed by atoms with Crippen LogP contribution in [0.2, 0.25) is 0 Å². The van der Waals surface area contributed by atoms with E-state index in [0.29, 0.717) is 11.8 Å². The SMILES string of the molecule is CC(C)CN(CC(C)C)C1(CN)CCN(C)CC1. The quantitative estimate of drug-likeness (QED) is 0.788. The number of rotatable bonds is 6. The molecule has 1 aliphatic rings. The Bertz CT molecular complexity index is 220. The standard InChI is InChI=1S/C15H33N3/c1-13(2)10-18(11-14(3)4)15(12-16)6-8-17(5)9-7-15/h13-14H,6-12,16H2,1-5H3. The van der Waals surface area contributed by atoms with E-state index < -0.39 is 0 Å². The van der Waals surface area contributed by atoms with Gasteiger partial charge in [-0.1, -0.05) is 27.7 Å². The lowest BCUT2D eigenvalue weighted by Crippen LogP contribution is -2.60. The number of hydrogen-bond acceptors (Lipinski definition) is 3. The number of hydrogen-bond donors (Lipinski definition) is 1. The van der Waals surface area contributed by atoms with Crippen LogP contribution in [0.25, 0.3) is 0 Å². The highest BCUT2D eigenvalue weighted by molar-refractivity contribution is 4.96. The average molecular weight is 255 g/mol. The van der Waals surface area contributed by atoms with Gasteiger partial charge in [-0.3, -0.25) is 4.90 Å². The monoisotopic (exact) mass is 255 g/mol. The van der Waals surface area contributed by atoms with Crippen molar-refractivity contribution in [1.82, 2.24) is 9.80 Å². The summed E-state index contributed by atoms with van der Waals surface area (Å²) in [7, 11) is 2.22. The molecule has 0 aliphatic carbocycles. The van der Waals surface area contributed by atoms with E-state index in [1.807, 2.05) is 0 Å². The maximum Gasteiger partial charge on any atom is 0.0356 e. The first kappa shape index (κ1) is 15.9. The maximum atomic E-state index is 6.18. The summed E-state index contributed by atoms with van der Waals surface area (Å²) < 4.78 is 0. The molecule has 1 rings (SSSR count). The van der Waals surface area contributed by atoms with Gasteiger partial charge in [-0.25, -0.2) is 0 Å². The van der Waals surface area contributed by atoms with Crippen molar-refractivity contribution in [2.45, 2.75) is 46.1 Å². The highest BCUT2D eigenvalue weighted by Gasteiger charge is 2.38. The van der Waals surface area contributed by atoms with Gasteiger partial charge in [0.15, 0.2) is 0 Å². The number of nitrogens with zero attached hydrogens (tertiary/aromatic N) is 2. The summed E-state index contributed by atoms with van der Waals surface area (Å²) in [6.07, 6.45) is 2.44. The molecule has 0 aromatic carbocycles. The predicted molar refractivity (Wildman–Crippen MR) is 79.8 cm³/mol. The fraction of sp³-hybridized carbons (Fsp3) is 1.00. The summed E-state index contributed by atoms with van der Waals surface area (Å²) >= 11 is 0. The first-order valence-corrected chi connectivity index (χ1v) is 7.53. The van der Waals surface area contributed by atoms with Crippen LogP contribution in [0.15, 0.2) is 0 Å². The third-order valence-corrected chi connectivity index (χ3v) is 4.14. The molecular formula is C15H33N3. The Labute approximate surface area is 114 Å². The van der Waals surface area contributed by atoms with Crippen molar-refractivity contribution < 1.29 is 0 Å². The molecule has 1 aliphatic heterocycles. The van der Waals surface area contributed by atoms with Crippen LogP contribution in [0.5, 0.6) is 0 Å². The summed E-state index contributed by atoms with van der Waals surface area (Å²) in [6.45, 7) is 14.8. The molecule has 0 atom stereocenters. The summed E-state index contributed by atoms with van der Waals surface area (Å²) in [4.78, 5) is 5.12. The Morgan fingerprint density at radius 2 is 1.50 bits per heavy atom. The van der Waals surface area contributed by atoms with E-state index in [9.17, 15) is 0 Å². The number of likely N-dealkylation sites (tertiary alicyclic amines) is 1. The fourth-order valence-electron chi connectivity index (χ4n) is 3.03. The highest BCUT2D eigenvalue weighted by Crippen LogP contribution is 2.29. The Kier molecular flexibility index (Phi) is 6.09. The van der Waals surface area contributed by atoms with Crippen LogP contribution in [0.1, 0.15) is 40.5 Å². The summed E-state index contributed by atoms with van der Waals surface area (Å²) in [5.74, 6) is 1.43. The lowest BCUT2D eigenvalue weighted by Gasteiger charge is -2.49. The average Bonchev–Trinajstić information content (AvgIpc) is 2.28. The molecule has 0 saturated carbocycles. The molecular weight excluding hydrogens is 222 g/mol. The molecule has 0 bridgehead atoms. The van der Waals surface area contributed by atoms with Crippen LogP contribution >= 0.6 is 0 Å². The Balaban J connectivity index is 2.78. The molecule has 108 valence electrons. The van der Waals surface area contributed by atoms with Gasteiger partial charge in [0.05, 0.1) is 0 Å². The van der Waals surface area contributed by atoms with Gasteiger partial charge in [0, 0.05) is 25.2 Å². The molecule has 3 heteroatoms. The molecule has 1 heterocycles. The van der Waals surface area contributed by atoms with Crippen molar-refractivity contribution in [3.63, 3.8) is 0 Å². The van der Waals surface area contributed by atoms with Gasteiger partial charge < -0.3 is 10.6 Å². The molecule has 0 unspecified atom stereocenters. The molecule has 1 saturated heterocycles. The fourth-order valence-corrected chi connectivity index (χ4v) is 3.03. The minimum atomic E-state index is 0.251. The minimum absolute atomic E-state index is 0.251. The van der Waals surface area contributed by atoms with Gasteiger partial charge in [-0.15, -0.1) is 0 Å². The van der Waals surface area contributed by atoms with Crippen LogP contribution in [0, 0.1) is 11.8 Å². The van der Waals surface area contributed by atoms with Crippen LogP contribution in [0.3, 0.4) is 0 Å². The van der Waals surface area contributed by atoms with Gasteiger partial charge in [0.1, 0.15) is 0 Å². The molecule has 18 heavy (non-hydrogen) atoms. The van der Waals surface area contributed by atoms with Crippen molar-refractivity contribution in [1.29, 1.82) is 0 Å². The van der Waals surface area contributed by atoms with Crippen molar-refractivity contribution >= 4 is 0 Å². The normalized spacial score (nSPS) is 21.2. The number of nitrogens with two attached hydrogens (primary N) is 1. The first-order chi connectivity index (χ1) is 8.39. The van der Waals surface area contributed by atoms with Crippen LogP contribution in [-0.2, 0) is 0 Å². The Morgan fingerprint density at radius 3 is 1.83 bits per heavy atom. The van der Waals surface area contributed by atoms with Crippen LogP contribution in [-0.4, -0.2) is 55.1 Å². The third-order valence-electron chi connectivity index (χ3n) is 4.14. The molecule has 0 aromatic rings. The van der Waals surface area contributed by atoms with Gasteiger partial charge in [-0.05, 0) is 44.8 Å². The Morgan fingerprint density at radius 1 is 1.06 bits per heavy atom. The lowest BCUT2D eigenvalue weighted by molar-refractivity contribution is 0.0174. The molecule has 0 spiro atoms. The Hall–Kier alpha value is -0.120. The van der Waals surface area contributed by atoms with Gasteiger partial charge in [-0.2, -0.15) is 0 Å². The van der Waals surface area contributed by atoms with Crippen molar-refractivity contribution in [3.8, 4) is 0 Å². The maximum absolute atomic E-state index is 6.18. The lowest BCUT2D eigenvalue weighted by atomic mass is 9.84. The van der Waals surface area contributed by atoms with E-state index in [0.717, 1.165) is 6.54 Å². The highest BCUT2D eigenvalue weighted by atomic mass is 15.2. The van der Waals surface area contributed by atoms with Gasteiger partial charge >= 0.3 is 0 Å². The first-order valence-electron chi connectivity index (χ1n) is 7.53. The molecule has 3 nitrogen and oxygen atoms in total. The molecule has 1 fully saturated rings. The minimum Gasteiger partial charge on any atom is -0.329 e. The second-order valence-electron chi connectivity index (χ2n) is 6.92. The topological polar surface area (TPSA) is 32.5 Å². The number of piperidine rings is 1. The molecule has 0 amide bonds. The predicted octanol–water partition coefficient (Wildman–Crippen LogP) is 2.02. The summed E-state index contributed by atoms with van der Waals surface area (Å²) in [6, 6.07) is 0. The van der Waals surface area contributed by atoms with Crippen molar-refractivity contribution in [3.05, 3.63) is 0 Å². The van der Waals surface area contributed by atoms with E-state index in [4.69, 9.17) is 5.73 Å². The van der Waals surface area contributed by atoms with Crippen LogP contribution < -0.4 is 5.73 Å². The second-order valence-corrected chi connectivity index (χ2v) is 6.92. The van der Waals surface area contributed by atoms with E-state index in [-0.39, 0.29) is 5.54 Å². The molecule has 0 radical (unpaired) electrons. The zero-order valence-corrected chi connectivity index (χ0v) is 13.1. The molecule has 0 aromatic heterocycles. The van der Waals surface area contributed by atoms with Gasteiger partial charge in [0.25, 0.3) is 0 Å². The van der Waals surface area contributed by atoms with Crippen molar-refractivity contribution in [2.24, 2.45) is 17.6 Å². The third kappa shape index (κ3) is 4.22. The van der Waals surface area contributed by atoms with E-state index in [1.165, 1.54) is 39.0 Å². The molecule has 2 N–H and O–H groups in total.